The summed E-state index contributed by atoms with van der Waals surface area (Å²) in [5, 5.41) is 14.2. The van der Waals surface area contributed by atoms with E-state index in [1.807, 2.05) is 54.6 Å². The molecule has 56 heavy (non-hydrogen) atoms. The maximum atomic E-state index is 13.4. The van der Waals surface area contributed by atoms with Crippen molar-refractivity contribution in [3.8, 4) is 0 Å². The van der Waals surface area contributed by atoms with E-state index in [1.165, 1.54) is 14.0 Å². The predicted molar refractivity (Wildman–Crippen MR) is 193 cm³/mol. The molecule has 5 rings (SSSR count). The van der Waals surface area contributed by atoms with Crippen molar-refractivity contribution >= 4 is 24.0 Å². The fraction of sp³-hybridized carbons (Fsp3) is 0.450. The van der Waals surface area contributed by atoms with Gasteiger partial charge in [0.15, 0.2) is 24.8 Å². The lowest BCUT2D eigenvalue weighted by Crippen LogP contribution is -2.69. The monoisotopic (exact) mass is 781 g/mol. The SMILES string of the molecule is COC(=O)[C@@H]1O[C@H](O[C@H]2[C@H](OCc3ccccc3)[C@@H](NC(=O)OCc3ccccc3)[C@H](OC)O[C@@H]2COC(C)=O)[C@H](OC(C)=O)[C@@H](OCc2ccccc2)[C@@H]1O. The lowest BCUT2D eigenvalue weighted by molar-refractivity contribution is -0.350. The Labute approximate surface area is 324 Å². The standard InChI is InChI=1S/C40H47NO15/c1-24(42)49-23-29-32(55-39-36(53-25(2)43)34(31(44)35(56-39)37(45)47-3)51-21-27-16-10-6-11-17-27)33(50-20-26-14-8-5-9-15-26)30(38(48-4)54-29)41-40(46)52-22-28-18-12-7-13-19-28/h5-19,29-36,38-39,44H,20-23H2,1-4H3,(H,41,46)/t29-,30-,31+,32-,33-,34+,35-,36-,38-,39+/m1/s1. The minimum atomic E-state index is -1.69. The third-order valence-corrected chi connectivity index (χ3v) is 8.94. The topological polar surface area (TPSA) is 193 Å². The van der Waals surface area contributed by atoms with Crippen LogP contribution in [0.15, 0.2) is 91.0 Å². The van der Waals surface area contributed by atoms with Crippen molar-refractivity contribution in [1.82, 2.24) is 5.32 Å². The Kier molecular flexibility index (Phi) is 15.7. The van der Waals surface area contributed by atoms with Crippen LogP contribution in [0.1, 0.15) is 30.5 Å². The highest BCUT2D eigenvalue weighted by Crippen LogP contribution is 2.34. The minimum Gasteiger partial charge on any atom is -0.467 e. The highest BCUT2D eigenvalue weighted by atomic mass is 16.8. The molecule has 1 amide bonds. The molecule has 0 aromatic heterocycles. The van der Waals surface area contributed by atoms with E-state index >= 15 is 0 Å². The van der Waals surface area contributed by atoms with Gasteiger partial charge < -0.3 is 57.8 Å². The summed E-state index contributed by atoms with van der Waals surface area (Å²) in [7, 11) is 2.47. The van der Waals surface area contributed by atoms with E-state index < -0.39 is 92.0 Å². The van der Waals surface area contributed by atoms with E-state index in [-0.39, 0.29) is 19.8 Å². The summed E-state index contributed by atoms with van der Waals surface area (Å²) in [4.78, 5) is 51.1. The van der Waals surface area contributed by atoms with Gasteiger partial charge in [0.25, 0.3) is 0 Å². The molecule has 16 heteroatoms. The molecule has 3 aromatic rings. The molecule has 10 atom stereocenters. The van der Waals surface area contributed by atoms with Gasteiger partial charge in [-0.25, -0.2) is 9.59 Å². The highest BCUT2D eigenvalue weighted by Gasteiger charge is 2.56. The van der Waals surface area contributed by atoms with Crippen molar-refractivity contribution in [2.75, 3.05) is 20.8 Å². The smallest absolute Gasteiger partial charge is 0.407 e. The third kappa shape index (κ3) is 11.5. The van der Waals surface area contributed by atoms with Crippen molar-refractivity contribution < 1.29 is 71.7 Å². The Morgan fingerprint density at radius 3 is 1.73 bits per heavy atom. The molecule has 0 spiro atoms. The number of rotatable bonds is 16. The molecule has 2 aliphatic heterocycles. The van der Waals surface area contributed by atoms with Gasteiger partial charge >= 0.3 is 24.0 Å². The van der Waals surface area contributed by atoms with Gasteiger partial charge in [-0.05, 0) is 16.7 Å². The van der Waals surface area contributed by atoms with Crippen LogP contribution in [0.4, 0.5) is 4.79 Å². The number of nitrogens with one attached hydrogen (secondary N) is 1. The van der Waals surface area contributed by atoms with E-state index in [2.05, 4.69) is 5.32 Å². The summed E-state index contributed by atoms with van der Waals surface area (Å²) in [6.45, 7) is 1.85. The number of aliphatic hydroxyl groups is 1. The lowest BCUT2D eigenvalue weighted by Gasteiger charge is -2.48. The zero-order valence-electron chi connectivity index (χ0n) is 31.4. The third-order valence-electron chi connectivity index (χ3n) is 8.94. The maximum Gasteiger partial charge on any atom is 0.407 e. The number of alkyl carbamates (subject to hydrolysis) is 1. The van der Waals surface area contributed by atoms with Crippen LogP contribution in [0.2, 0.25) is 0 Å². The molecule has 0 saturated carbocycles. The fourth-order valence-electron chi connectivity index (χ4n) is 6.30. The number of ether oxygens (including phenoxy) is 10. The van der Waals surface area contributed by atoms with Gasteiger partial charge in [0.05, 0.1) is 20.3 Å². The summed E-state index contributed by atoms with van der Waals surface area (Å²) in [6, 6.07) is 26.0. The second-order valence-electron chi connectivity index (χ2n) is 12.9. The van der Waals surface area contributed by atoms with Gasteiger partial charge in [-0.1, -0.05) is 91.0 Å². The molecule has 2 heterocycles. The number of aliphatic hydroxyl groups excluding tert-OH is 1. The van der Waals surface area contributed by atoms with E-state index in [9.17, 15) is 24.3 Å². The Hall–Kier alpha value is -4.94. The van der Waals surface area contributed by atoms with E-state index in [4.69, 9.17) is 47.4 Å². The number of esters is 3. The molecule has 0 unspecified atom stereocenters. The van der Waals surface area contributed by atoms with Gasteiger partial charge in [0.1, 0.15) is 49.8 Å². The Morgan fingerprint density at radius 1 is 0.661 bits per heavy atom. The highest BCUT2D eigenvalue weighted by molar-refractivity contribution is 5.75. The quantitative estimate of drug-likeness (QED) is 0.159. The van der Waals surface area contributed by atoms with Crippen molar-refractivity contribution in [3.63, 3.8) is 0 Å². The molecule has 0 bridgehead atoms. The van der Waals surface area contributed by atoms with Crippen molar-refractivity contribution in [3.05, 3.63) is 108 Å². The molecule has 2 N–H and O–H groups in total. The average molecular weight is 782 g/mol. The van der Waals surface area contributed by atoms with Crippen molar-refractivity contribution in [2.24, 2.45) is 0 Å². The van der Waals surface area contributed by atoms with Gasteiger partial charge in [0, 0.05) is 21.0 Å². The summed E-state index contributed by atoms with van der Waals surface area (Å²) < 4.78 is 58.7. The van der Waals surface area contributed by atoms with Crippen molar-refractivity contribution in [2.45, 2.75) is 95.0 Å². The molecule has 2 aliphatic rings. The number of methoxy groups -OCH3 is 2. The first-order valence-electron chi connectivity index (χ1n) is 17.9. The first-order valence-corrected chi connectivity index (χ1v) is 17.9. The van der Waals surface area contributed by atoms with Gasteiger partial charge in [-0.3, -0.25) is 9.59 Å². The summed E-state index contributed by atoms with van der Waals surface area (Å²) in [5.74, 6) is -2.38. The summed E-state index contributed by atoms with van der Waals surface area (Å²) in [6.07, 6.45) is -13.6. The first-order chi connectivity index (χ1) is 27.1. The van der Waals surface area contributed by atoms with Gasteiger partial charge in [0.2, 0.25) is 0 Å². The minimum absolute atomic E-state index is 0.00939. The zero-order valence-corrected chi connectivity index (χ0v) is 31.4. The van der Waals surface area contributed by atoms with Crippen LogP contribution in [0.25, 0.3) is 0 Å². The Balaban J connectivity index is 1.52. The summed E-state index contributed by atoms with van der Waals surface area (Å²) >= 11 is 0. The largest absolute Gasteiger partial charge is 0.467 e. The molecule has 3 aromatic carbocycles. The number of carbonyl (C=O) groups excluding carboxylic acids is 4. The van der Waals surface area contributed by atoms with Crippen LogP contribution >= 0.6 is 0 Å². The van der Waals surface area contributed by atoms with Gasteiger partial charge in [-0.2, -0.15) is 0 Å². The molecule has 2 fully saturated rings. The normalized spacial score (nSPS) is 27.4. The van der Waals surface area contributed by atoms with E-state index in [0.717, 1.165) is 30.7 Å². The molecular formula is C40H47NO15. The maximum absolute atomic E-state index is 13.4. The van der Waals surface area contributed by atoms with Crippen LogP contribution in [-0.4, -0.2) is 111 Å². The lowest BCUT2D eigenvalue weighted by atomic mass is 9.94. The molecule has 302 valence electrons. The fourth-order valence-corrected chi connectivity index (χ4v) is 6.30. The second kappa shape index (κ2) is 20.8. The van der Waals surface area contributed by atoms with Crippen molar-refractivity contribution in [1.29, 1.82) is 0 Å². The molecular weight excluding hydrogens is 734 g/mol. The van der Waals surface area contributed by atoms with Crippen LogP contribution < -0.4 is 5.32 Å². The summed E-state index contributed by atoms with van der Waals surface area (Å²) in [5.41, 5.74) is 2.21. The number of benzene rings is 3. The molecule has 0 radical (unpaired) electrons. The second-order valence-corrected chi connectivity index (χ2v) is 12.9. The van der Waals surface area contributed by atoms with E-state index in [1.54, 1.807) is 36.4 Å². The van der Waals surface area contributed by atoms with Crippen LogP contribution in [-0.2, 0) is 81.6 Å². The Bertz CT molecular complexity index is 1700. The molecule has 0 aliphatic carbocycles. The van der Waals surface area contributed by atoms with Gasteiger partial charge in [-0.15, -0.1) is 0 Å². The Morgan fingerprint density at radius 2 is 1.21 bits per heavy atom. The molecule has 16 nitrogen and oxygen atoms in total. The van der Waals surface area contributed by atoms with Crippen LogP contribution in [0.5, 0.6) is 0 Å². The van der Waals surface area contributed by atoms with E-state index in [0.29, 0.717) is 0 Å². The first kappa shape index (κ1) is 42.2. The number of carbonyl (C=O) groups is 4. The number of hydrogen-bond acceptors (Lipinski definition) is 15. The van der Waals surface area contributed by atoms with Crippen LogP contribution in [0, 0.1) is 0 Å². The number of amides is 1. The predicted octanol–water partition coefficient (Wildman–Crippen LogP) is 2.96. The molecule has 2 saturated heterocycles. The zero-order chi connectivity index (χ0) is 40.0. The average Bonchev–Trinajstić information content (AvgIpc) is 3.20. The number of hydrogen-bond donors (Lipinski definition) is 2. The van der Waals surface area contributed by atoms with Crippen LogP contribution in [0.3, 0.4) is 0 Å².